The van der Waals surface area contributed by atoms with Gasteiger partial charge in [-0.1, -0.05) is 57.3 Å². The highest BCUT2D eigenvalue weighted by molar-refractivity contribution is 9.09. The Balaban J connectivity index is 2.27. The summed E-state index contributed by atoms with van der Waals surface area (Å²) in [6, 6.07) is 13.4. The standard InChI is InChI=1S/C15H13BrCl2O/c1-19-15-7-6-11(17)9-12(15)13(16)8-10-4-2-3-5-14(10)18/h2-7,9,13H,8H2,1H3. The third kappa shape index (κ3) is 3.65. The Bertz CT molecular complexity index is 572. The van der Waals surface area contributed by atoms with Crippen LogP contribution in [0.5, 0.6) is 5.75 Å². The van der Waals surface area contributed by atoms with Gasteiger partial charge in [-0.15, -0.1) is 0 Å². The Morgan fingerprint density at radius 3 is 2.58 bits per heavy atom. The lowest BCUT2D eigenvalue weighted by molar-refractivity contribution is 0.409. The molecule has 0 saturated heterocycles. The maximum Gasteiger partial charge on any atom is 0.123 e. The van der Waals surface area contributed by atoms with Gasteiger partial charge in [0.05, 0.1) is 7.11 Å². The molecule has 0 aliphatic rings. The Kier molecular flexibility index (Phi) is 5.14. The van der Waals surface area contributed by atoms with Crippen LogP contribution in [-0.4, -0.2) is 7.11 Å². The van der Waals surface area contributed by atoms with E-state index in [9.17, 15) is 0 Å². The maximum absolute atomic E-state index is 6.18. The molecule has 0 aromatic heterocycles. The van der Waals surface area contributed by atoms with Crippen molar-refractivity contribution in [3.8, 4) is 5.75 Å². The van der Waals surface area contributed by atoms with Gasteiger partial charge in [0.2, 0.25) is 0 Å². The molecular formula is C15H13BrCl2O. The number of hydrogen-bond acceptors (Lipinski definition) is 1. The summed E-state index contributed by atoms with van der Waals surface area (Å²) in [6.45, 7) is 0. The molecule has 2 aromatic rings. The summed E-state index contributed by atoms with van der Waals surface area (Å²) >= 11 is 15.9. The van der Waals surface area contributed by atoms with Crippen LogP contribution in [0.25, 0.3) is 0 Å². The molecule has 0 aliphatic heterocycles. The summed E-state index contributed by atoms with van der Waals surface area (Å²) in [5.74, 6) is 0.818. The fourth-order valence-electron chi connectivity index (χ4n) is 1.92. The van der Waals surface area contributed by atoms with E-state index in [-0.39, 0.29) is 4.83 Å². The van der Waals surface area contributed by atoms with Gasteiger partial charge >= 0.3 is 0 Å². The molecule has 0 spiro atoms. The summed E-state index contributed by atoms with van der Waals surface area (Å²) in [7, 11) is 1.65. The molecule has 1 atom stereocenters. The zero-order valence-electron chi connectivity index (χ0n) is 10.4. The van der Waals surface area contributed by atoms with Crippen molar-refractivity contribution in [2.24, 2.45) is 0 Å². The van der Waals surface area contributed by atoms with E-state index in [4.69, 9.17) is 27.9 Å². The van der Waals surface area contributed by atoms with Crippen LogP contribution in [0.2, 0.25) is 10.0 Å². The molecular weight excluding hydrogens is 347 g/mol. The van der Waals surface area contributed by atoms with E-state index in [2.05, 4.69) is 15.9 Å². The minimum atomic E-state index is 0.0982. The number of ether oxygens (including phenoxy) is 1. The van der Waals surface area contributed by atoms with Crippen molar-refractivity contribution in [3.63, 3.8) is 0 Å². The first-order valence-corrected chi connectivity index (χ1v) is 7.50. The van der Waals surface area contributed by atoms with Gasteiger partial charge in [0.25, 0.3) is 0 Å². The van der Waals surface area contributed by atoms with Gasteiger partial charge in [0, 0.05) is 20.4 Å². The summed E-state index contributed by atoms with van der Waals surface area (Å²) in [4.78, 5) is 0.0982. The van der Waals surface area contributed by atoms with Crippen LogP contribution in [-0.2, 0) is 6.42 Å². The second-order valence-corrected chi connectivity index (χ2v) is 6.10. The minimum Gasteiger partial charge on any atom is -0.496 e. The average Bonchev–Trinajstić information content (AvgIpc) is 2.41. The third-order valence-electron chi connectivity index (χ3n) is 2.89. The van der Waals surface area contributed by atoms with E-state index in [1.54, 1.807) is 7.11 Å². The molecule has 2 aromatic carbocycles. The molecule has 4 heteroatoms. The third-order valence-corrected chi connectivity index (χ3v) is 4.31. The first-order chi connectivity index (χ1) is 9.11. The number of halogens is 3. The topological polar surface area (TPSA) is 9.23 Å². The Hall–Kier alpha value is -0.700. The van der Waals surface area contributed by atoms with Crippen molar-refractivity contribution in [2.75, 3.05) is 7.11 Å². The Labute approximate surface area is 131 Å². The monoisotopic (exact) mass is 358 g/mol. The fourth-order valence-corrected chi connectivity index (χ4v) is 3.02. The van der Waals surface area contributed by atoms with E-state index >= 15 is 0 Å². The summed E-state index contributed by atoms with van der Waals surface area (Å²) < 4.78 is 5.37. The molecule has 0 heterocycles. The summed E-state index contributed by atoms with van der Waals surface area (Å²) in [5, 5.41) is 1.47. The molecule has 0 N–H and O–H groups in total. The van der Waals surface area contributed by atoms with Gasteiger partial charge in [-0.05, 0) is 36.2 Å². The largest absolute Gasteiger partial charge is 0.496 e. The van der Waals surface area contributed by atoms with E-state index < -0.39 is 0 Å². The van der Waals surface area contributed by atoms with Gasteiger partial charge in [0.15, 0.2) is 0 Å². The first-order valence-electron chi connectivity index (χ1n) is 5.82. The van der Waals surface area contributed by atoms with Crippen molar-refractivity contribution < 1.29 is 4.74 Å². The lowest BCUT2D eigenvalue weighted by atomic mass is 10.0. The number of alkyl halides is 1. The fraction of sp³-hybridized carbons (Fsp3) is 0.200. The van der Waals surface area contributed by atoms with Crippen molar-refractivity contribution >= 4 is 39.1 Å². The predicted molar refractivity (Wildman–Crippen MR) is 84.8 cm³/mol. The molecule has 0 fully saturated rings. The highest BCUT2D eigenvalue weighted by atomic mass is 79.9. The van der Waals surface area contributed by atoms with Crippen LogP contribution in [0.1, 0.15) is 16.0 Å². The zero-order chi connectivity index (χ0) is 13.8. The molecule has 1 unspecified atom stereocenters. The van der Waals surface area contributed by atoms with Crippen molar-refractivity contribution in [1.29, 1.82) is 0 Å². The van der Waals surface area contributed by atoms with E-state index in [1.165, 1.54) is 0 Å². The first kappa shape index (κ1) is 14.7. The number of benzene rings is 2. The normalized spacial score (nSPS) is 12.2. The van der Waals surface area contributed by atoms with Crippen molar-refractivity contribution in [1.82, 2.24) is 0 Å². The Morgan fingerprint density at radius 2 is 1.89 bits per heavy atom. The van der Waals surface area contributed by atoms with Gasteiger partial charge in [-0.3, -0.25) is 0 Å². The van der Waals surface area contributed by atoms with Crippen molar-refractivity contribution in [2.45, 2.75) is 11.2 Å². The van der Waals surface area contributed by atoms with Crippen LogP contribution in [0.4, 0.5) is 0 Å². The second-order valence-electron chi connectivity index (χ2n) is 4.15. The number of methoxy groups -OCH3 is 1. The molecule has 0 bridgehead atoms. The van der Waals surface area contributed by atoms with E-state index in [1.807, 2.05) is 42.5 Å². The molecule has 2 rings (SSSR count). The maximum atomic E-state index is 6.18. The van der Waals surface area contributed by atoms with E-state index in [0.29, 0.717) is 5.02 Å². The van der Waals surface area contributed by atoms with Gasteiger partial charge in [-0.2, -0.15) is 0 Å². The van der Waals surface area contributed by atoms with Crippen LogP contribution < -0.4 is 4.74 Å². The Morgan fingerprint density at radius 1 is 1.16 bits per heavy atom. The lowest BCUT2D eigenvalue weighted by Gasteiger charge is -2.15. The highest BCUT2D eigenvalue weighted by Crippen LogP contribution is 2.36. The van der Waals surface area contributed by atoms with Gasteiger partial charge in [-0.25, -0.2) is 0 Å². The van der Waals surface area contributed by atoms with Gasteiger partial charge in [0.1, 0.15) is 5.75 Å². The molecule has 0 radical (unpaired) electrons. The highest BCUT2D eigenvalue weighted by Gasteiger charge is 2.15. The smallest absolute Gasteiger partial charge is 0.123 e. The average molecular weight is 360 g/mol. The molecule has 1 nitrogen and oxygen atoms in total. The van der Waals surface area contributed by atoms with Crippen LogP contribution in [0, 0.1) is 0 Å². The van der Waals surface area contributed by atoms with Crippen LogP contribution >= 0.6 is 39.1 Å². The summed E-state index contributed by atoms with van der Waals surface area (Å²) in [5.41, 5.74) is 2.11. The van der Waals surface area contributed by atoms with Crippen LogP contribution in [0.3, 0.4) is 0 Å². The van der Waals surface area contributed by atoms with Gasteiger partial charge < -0.3 is 4.74 Å². The molecule has 19 heavy (non-hydrogen) atoms. The summed E-state index contributed by atoms with van der Waals surface area (Å²) in [6.07, 6.45) is 0.774. The molecule has 0 saturated carbocycles. The zero-order valence-corrected chi connectivity index (χ0v) is 13.5. The SMILES string of the molecule is COc1ccc(Cl)cc1C(Br)Cc1ccccc1Cl. The minimum absolute atomic E-state index is 0.0982. The molecule has 0 amide bonds. The lowest BCUT2D eigenvalue weighted by Crippen LogP contribution is -1.99. The van der Waals surface area contributed by atoms with Crippen molar-refractivity contribution in [3.05, 3.63) is 63.6 Å². The number of hydrogen-bond donors (Lipinski definition) is 0. The van der Waals surface area contributed by atoms with E-state index in [0.717, 1.165) is 28.3 Å². The quantitative estimate of drug-likeness (QED) is 0.638. The number of rotatable bonds is 4. The molecule has 100 valence electrons. The molecule has 0 aliphatic carbocycles. The predicted octanol–water partition coefficient (Wildman–Crippen LogP) is 5.68. The van der Waals surface area contributed by atoms with Crippen LogP contribution in [0.15, 0.2) is 42.5 Å². The second kappa shape index (κ2) is 6.65.